The first-order valence-corrected chi connectivity index (χ1v) is 24.7. The summed E-state index contributed by atoms with van der Waals surface area (Å²) >= 11 is 1.94. The number of thioether (sulfide) groups is 1. The third kappa shape index (κ3) is 13.3. The number of ether oxygens (including phenoxy) is 3. The van der Waals surface area contributed by atoms with Gasteiger partial charge in [0.1, 0.15) is 31.0 Å². The number of aliphatic hydroxyl groups is 2. The molecule has 3 aliphatic rings. The zero-order valence-corrected chi connectivity index (χ0v) is 37.8. The van der Waals surface area contributed by atoms with Crippen LogP contribution in [0.3, 0.4) is 0 Å². The first-order chi connectivity index (χ1) is 29.5. The van der Waals surface area contributed by atoms with Crippen molar-refractivity contribution in [2.24, 2.45) is 22.9 Å². The zero-order chi connectivity index (χ0) is 42.4. The van der Waals surface area contributed by atoms with E-state index in [9.17, 15) is 14.6 Å². The summed E-state index contributed by atoms with van der Waals surface area (Å²) in [5.74, 6) is 1.40. The molecule has 1 aliphatic heterocycles. The third-order valence-corrected chi connectivity index (χ3v) is 14.4. The van der Waals surface area contributed by atoms with E-state index in [1.54, 1.807) is 19.2 Å². The second-order valence-electron chi connectivity index (χ2n) is 17.3. The second-order valence-corrected chi connectivity index (χ2v) is 18.6. The molecule has 2 aromatic rings. The maximum atomic E-state index is 14.6. The topological polar surface area (TPSA) is 89.7 Å². The Balaban J connectivity index is 1.38. The van der Waals surface area contributed by atoms with Crippen molar-refractivity contribution in [1.82, 2.24) is 0 Å². The summed E-state index contributed by atoms with van der Waals surface area (Å²) in [4.78, 5) is 5.59. The normalized spacial score (nSPS) is 23.7. The number of benzene rings is 2. The minimum atomic E-state index is -0.980. The van der Waals surface area contributed by atoms with Crippen LogP contribution < -0.4 is 9.47 Å². The Bertz CT molecular complexity index is 1620. The van der Waals surface area contributed by atoms with Crippen LogP contribution in [-0.2, 0) is 16.2 Å². The van der Waals surface area contributed by atoms with E-state index in [4.69, 9.17) is 24.2 Å². The van der Waals surface area contributed by atoms with Crippen LogP contribution in [0.25, 0.3) is 0 Å². The number of halogens is 1. The molecule has 9 heteroatoms. The van der Waals surface area contributed by atoms with Crippen LogP contribution in [0.5, 0.6) is 11.5 Å². The standard InChI is InChI=1S/C51H76FNO6S/c1-4-6-7-8-9-10-11-12-13-14-15-16-17-24-34-60-48-37-46(53-56-3)43-35-39(25-20-22-31-54)42(27-21-23-32-55)49-44-36-41(57-38-40-26-18-19-28-45(40)52)29-30-47(44)59-51(48,50(43)49)58-33-5-2/h5,18-19,26,28-30,35-36,39,42,48-50,54-55H,2,4,6-17,20-25,27,31-34,37-38H2,1,3H3. The first-order valence-electron chi connectivity index (χ1n) is 23.6. The van der Waals surface area contributed by atoms with Gasteiger partial charge in [0.05, 0.1) is 23.5 Å². The van der Waals surface area contributed by atoms with Gasteiger partial charge in [0, 0.05) is 36.7 Å². The molecule has 6 atom stereocenters. The summed E-state index contributed by atoms with van der Waals surface area (Å²) in [6.45, 7) is 7.12. The van der Waals surface area contributed by atoms with E-state index in [1.807, 2.05) is 36.0 Å². The smallest absolute Gasteiger partial charge is 0.230 e. The molecule has 5 rings (SSSR count). The van der Waals surface area contributed by atoms with Crippen LogP contribution in [0.4, 0.5) is 4.39 Å². The van der Waals surface area contributed by atoms with E-state index in [2.05, 4.69) is 25.6 Å². The summed E-state index contributed by atoms with van der Waals surface area (Å²) in [6, 6.07) is 12.8. The molecule has 0 saturated heterocycles. The van der Waals surface area contributed by atoms with Crippen molar-refractivity contribution >= 4 is 17.5 Å². The van der Waals surface area contributed by atoms with Gasteiger partial charge in [-0.1, -0.05) is 139 Å². The Labute approximate surface area is 366 Å². The molecular weight excluding hydrogens is 774 g/mol. The van der Waals surface area contributed by atoms with Gasteiger partial charge in [-0.2, -0.15) is 11.8 Å². The van der Waals surface area contributed by atoms with Crippen LogP contribution >= 0.6 is 11.8 Å². The Hall–Kier alpha value is -2.85. The van der Waals surface area contributed by atoms with Crippen LogP contribution in [-0.4, -0.2) is 59.6 Å². The van der Waals surface area contributed by atoms with Gasteiger partial charge in [0.2, 0.25) is 5.79 Å². The lowest BCUT2D eigenvalue weighted by Crippen LogP contribution is -2.64. The predicted octanol–water partition coefficient (Wildman–Crippen LogP) is 12.9. The number of aliphatic hydroxyl groups excluding tert-OH is 2. The molecule has 0 spiro atoms. The maximum absolute atomic E-state index is 14.6. The van der Waals surface area contributed by atoms with Crippen molar-refractivity contribution in [2.45, 2.75) is 165 Å². The highest BCUT2D eigenvalue weighted by molar-refractivity contribution is 8.00. The number of oxime groups is 1. The fourth-order valence-corrected chi connectivity index (χ4v) is 11.4. The average Bonchev–Trinajstić information content (AvgIpc) is 3.26. The van der Waals surface area contributed by atoms with Gasteiger partial charge in [-0.25, -0.2) is 4.39 Å². The van der Waals surface area contributed by atoms with Gasteiger partial charge < -0.3 is 29.3 Å². The van der Waals surface area contributed by atoms with Crippen molar-refractivity contribution in [3.63, 3.8) is 0 Å². The number of hydrogen-bond donors (Lipinski definition) is 2. The van der Waals surface area contributed by atoms with Gasteiger partial charge in [-0.05, 0) is 79.5 Å². The van der Waals surface area contributed by atoms with E-state index in [0.717, 1.165) is 73.3 Å². The van der Waals surface area contributed by atoms with Crippen molar-refractivity contribution < 1.29 is 33.7 Å². The second kappa shape index (κ2) is 26.6. The van der Waals surface area contributed by atoms with Gasteiger partial charge in [-0.3, -0.25) is 0 Å². The molecule has 0 amide bonds. The van der Waals surface area contributed by atoms with Gasteiger partial charge >= 0.3 is 0 Å². The van der Waals surface area contributed by atoms with Crippen molar-refractivity contribution in [3.8, 4) is 11.5 Å². The van der Waals surface area contributed by atoms with Gasteiger partial charge in [0.25, 0.3) is 0 Å². The SMILES string of the molecule is C=CCOC12Oc3ccc(OCc4ccccc4F)cc3C3C(CCCCO)C(CCCCO)C=C(C(=NOC)CC1SCCCCCCCCCCCCCCCC)C32. The highest BCUT2D eigenvalue weighted by atomic mass is 32.2. The Morgan fingerprint density at radius 3 is 2.18 bits per heavy atom. The van der Waals surface area contributed by atoms with E-state index in [-0.39, 0.29) is 54.6 Å². The number of unbranched alkanes of at least 4 members (excludes halogenated alkanes) is 15. The summed E-state index contributed by atoms with van der Waals surface area (Å²) in [7, 11) is 1.63. The molecule has 0 aromatic heterocycles. The van der Waals surface area contributed by atoms with E-state index < -0.39 is 5.79 Å². The summed E-state index contributed by atoms with van der Waals surface area (Å²) in [5, 5.41) is 24.4. The van der Waals surface area contributed by atoms with Crippen LogP contribution in [0.15, 0.2) is 71.9 Å². The number of fused-ring (bicyclic) bond motifs is 2. The lowest BCUT2D eigenvalue weighted by atomic mass is 9.56. The molecule has 1 saturated carbocycles. The Kier molecular flexibility index (Phi) is 21.4. The average molecular weight is 850 g/mol. The molecule has 60 heavy (non-hydrogen) atoms. The molecule has 7 nitrogen and oxygen atoms in total. The lowest BCUT2D eigenvalue weighted by Gasteiger charge is -2.58. The van der Waals surface area contributed by atoms with E-state index in [0.29, 0.717) is 24.3 Å². The van der Waals surface area contributed by atoms with E-state index >= 15 is 0 Å². The molecule has 0 bridgehead atoms. The van der Waals surface area contributed by atoms with Gasteiger partial charge in [0.15, 0.2) is 0 Å². The molecule has 0 radical (unpaired) electrons. The number of allylic oxidation sites excluding steroid dienone is 1. The first kappa shape index (κ1) is 48.2. The lowest BCUT2D eigenvalue weighted by molar-refractivity contribution is -0.223. The zero-order valence-electron chi connectivity index (χ0n) is 36.9. The fourth-order valence-electron chi connectivity index (χ4n) is 9.97. The maximum Gasteiger partial charge on any atom is 0.230 e. The Morgan fingerprint density at radius 2 is 1.53 bits per heavy atom. The Morgan fingerprint density at radius 1 is 0.867 bits per heavy atom. The van der Waals surface area contributed by atoms with Gasteiger partial charge in [-0.15, -0.1) is 6.58 Å². The van der Waals surface area contributed by atoms with Crippen LogP contribution in [0, 0.1) is 23.6 Å². The highest BCUT2D eigenvalue weighted by Gasteiger charge is 2.63. The highest BCUT2D eigenvalue weighted by Crippen LogP contribution is 2.62. The molecule has 1 fully saturated rings. The largest absolute Gasteiger partial charge is 0.489 e. The number of rotatable bonds is 31. The summed E-state index contributed by atoms with van der Waals surface area (Å²) in [5.41, 5.74) is 3.63. The minimum Gasteiger partial charge on any atom is -0.489 e. The van der Waals surface area contributed by atoms with Crippen molar-refractivity contribution in [1.29, 1.82) is 0 Å². The van der Waals surface area contributed by atoms with Crippen molar-refractivity contribution in [2.75, 3.05) is 32.7 Å². The molecule has 1 heterocycles. The monoisotopic (exact) mass is 850 g/mol. The molecule has 2 aliphatic carbocycles. The number of hydrogen-bond acceptors (Lipinski definition) is 8. The third-order valence-electron chi connectivity index (χ3n) is 13.0. The molecule has 2 aromatic carbocycles. The molecule has 2 N–H and O–H groups in total. The fraction of sp³-hybridized carbons (Fsp3) is 0.667. The van der Waals surface area contributed by atoms with Crippen LogP contribution in [0.1, 0.15) is 159 Å². The molecule has 334 valence electrons. The van der Waals surface area contributed by atoms with Crippen molar-refractivity contribution in [3.05, 3.63) is 83.7 Å². The van der Waals surface area contributed by atoms with E-state index in [1.165, 1.54) is 89.5 Å². The quantitative estimate of drug-likeness (QED) is 0.0444. The summed E-state index contributed by atoms with van der Waals surface area (Å²) in [6.07, 6.45) is 28.7. The predicted molar refractivity (Wildman–Crippen MR) is 245 cm³/mol. The molecular formula is C51H76FNO6S. The minimum absolute atomic E-state index is 0.0140. The van der Waals surface area contributed by atoms with Crippen LogP contribution in [0.2, 0.25) is 0 Å². The molecule has 6 unspecified atom stereocenters. The number of nitrogens with zero attached hydrogens (tertiary/aromatic N) is 1. The summed E-state index contributed by atoms with van der Waals surface area (Å²) < 4.78 is 35.3.